The van der Waals surface area contributed by atoms with Crippen LogP contribution >= 0.6 is 15.2 Å². The summed E-state index contributed by atoms with van der Waals surface area (Å²) in [6.45, 7) is -3.62. The van der Waals surface area contributed by atoms with E-state index < -0.39 is 39.5 Å². The average Bonchev–Trinajstić information content (AvgIpc) is 2.10. The molecule has 0 spiro atoms. The van der Waals surface area contributed by atoms with Crippen molar-refractivity contribution >= 4 is 15.2 Å². The van der Waals surface area contributed by atoms with E-state index in [2.05, 4.69) is 5.73 Å². The van der Waals surface area contributed by atoms with E-state index in [4.69, 9.17) is 27.8 Å². The molecule has 0 rings (SSSR count). The lowest BCUT2D eigenvalue weighted by atomic mass is 10.3. The molecule has 0 unspecified atom stereocenters. The van der Waals surface area contributed by atoms with Gasteiger partial charge in [-0.1, -0.05) is 0 Å². The van der Waals surface area contributed by atoms with Gasteiger partial charge in [-0.25, -0.2) is 0 Å². The summed E-state index contributed by atoms with van der Waals surface area (Å²) >= 11 is 0. The fourth-order valence-electron chi connectivity index (χ4n) is 0.435. The van der Waals surface area contributed by atoms with Gasteiger partial charge in [0.25, 0.3) is 5.08 Å². The zero-order valence-corrected chi connectivity index (χ0v) is 8.31. The minimum absolute atomic E-state index is 3.62. The molecule has 0 aliphatic rings. The van der Waals surface area contributed by atoms with Gasteiger partial charge in [0.15, 0.2) is 0 Å². The molecule has 0 aliphatic carbocycles. The maximum atomic E-state index is 11.1. The molecule has 8 nitrogen and oxygen atoms in total. The van der Waals surface area contributed by atoms with Crippen molar-refractivity contribution < 1.29 is 42.0 Å². The van der Waals surface area contributed by atoms with Crippen molar-refractivity contribution in [2.75, 3.05) is 6.50 Å². The molecular formula is C4H13NO7P2. The van der Waals surface area contributed by atoms with E-state index in [-0.39, 0.29) is 0 Å². The van der Waals surface area contributed by atoms with E-state index in [9.17, 15) is 14.2 Å². The molecule has 0 aromatic heterocycles. The molecule has 0 bridgehead atoms. The molecule has 0 saturated carbocycles. The Morgan fingerprint density at radius 2 is 1.57 bits per heavy atom. The van der Waals surface area contributed by atoms with E-state index in [0.29, 0.717) is 0 Å². The van der Waals surface area contributed by atoms with Crippen LogP contribution in [0.5, 0.6) is 0 Å². The van der Waals surface area contributed by atoms with Crippen molar-refractivity contribution in [2.45, 2.75) is 17.8 Å². The van der Waals surface area contributed by atoms with Crippen LogP contribution < -0.4 is 5.73 Å². The van der Waals surface area contributed by atoms with Gasteiger partial charge in [-0.15, -0.1) is 0 Å². The molecule has 0 aromatic carbocycles. The molecule has 0 aromatic rings. The van der Waals surface area contributed by atoms with Crippen LogP contribution in [-0.2, 0) is 9.13 Å². The first-order valence-electron chi connectivity index (χ1n) is 5.87. The zero-order valence-electron chi connectivity index (χ0n) is 12.5. The Labute approximate surface area is 88.5 Å². The highest BCUT2D eigenvalue weighted by molar-refractivity contribution is 7.72. The van der Waals surface area contributed by atoms with Crippen LogP contribution in [0, 0.1) is 0 Å². The standard InChI is InChI=1S/C4H13NO7P2/c5-3-1-2-4(6,13(7,8)9)14(10,11)12/h6H,1-3,5H2,(H2,7,8,9)(H2,10,11,12)/i1D2,2D2,3D2. The highest BCUT2D eigenvalue weighted by Crippen LogP contribution is 2.69. The summed E-state index contributed by atoms with van der Waals surface area (Å²) in [5, 5.41) is 4.73. The Morgan fingerprint density at radius 3 is 1.79 bits per heavy atom. The van der Waals surface area contributed by atoms with E-state index in [1.807, 2.05) is 0 Å². The second kappa shape index (κ2) is 4.38. The molecular weight excluding hydrogens is 236 g/mol. The van der Waals surface area contributed by atoms with Crippen LogP contribution in [-0.4, -0.2) is 36.3 Å². The normalized spacial score (nSPS) is 23.9. The number of hydrogen-bond donors (Lipinski definition) is 6. The molecule has 14 heavy (non-hydrogen) atoms. The van der Waals surface area contributed by atoms with Gasteiger partial charge in [-0.05, 0) is 12.9 Å². The van der Waals surface area contributed by atoms with E-state index >= 15 is 0 Å². The third-order valence-electron chi connectivity index (χ3n) is 1.11. The van der Waals surface area contributed by atoms with Crippen LogP contribution in [0.25, 0.3) is 0 Å². The van der Waals surface area contributed by atoms with Crippen LogP contribution in [0.2, 0.25) is 0 Å². The lowest BCUT2D eigenvalue weighted by Gasteiger charge is -2.28. The maximum absolute atomic E-state index is 11.1. The van der Waals surface area contributed by atoms with Crippen molar-refractivity contribution in [3.8, 4) is 0 Å². The summed E-state index contributed by atoms with van der Waals surface area (Å²) in [7, 11) is -12.7. The quantitative estimate of drug-likeness (QED) is 0.331. The first-order valence-corrected chi connectivity index (χ1v) is 6.10. The first-order chi connectivity index (χ1) is 8.25. The lowest BCUT2D eigenvalue weighted by molar-refractivity contribution is 0.121. The van der Waals surface area contributed by atoms with Crippen molar-refractivity contribution in [3.63, 3.8) is 0 Å². The van der Waals surface area contributed by atoms with Crippen LogP contribution in [0.1, 0.15) is 21.0 Å². The Morgan fingerprint density at radius 1 is 1.21 bits per heavy atom. The predicted molar refractivity (Wildman–Crippen MR) is 47.3 cm³/mol. The third-order valence-corrected chi connectivity index (χ3v) is 4.53. The van der Waals surface area contributed by atoms with Gasteiger partial charge in [0, 0.05) is 14.6 Å². The fraction of sp³-hybridized carbons (Fsp3) is 1.00. The van der Waals surface area contributed by atoms with Crippen molar-refractivity contribution in [1.82, 2.24) is 0 Å². The zero-order chi connectivity index (χ0) is 17.0. The highest BCUT2D eigenvalue weighted by Gasteiger charge is 2.58. The van der Waals surface area contributed by atoms with Crippen LogP contribution in [0.4, 0.5) is 0 Å². The lowest BCUT2D eigenvalue weighted by Crippen LogP contribution is -2.29. The second-order valence-electron chi connectivity index (χ2n) is 2.12. The van der Waals surface area contributed by atoms with Crippen molar-refractivity contribution in [1.29, 1.82) is 0 Å². The molecule has 0 radical (unpaired) electrons. The van der Waals surface area contributed by atoms with Crippen LogP contribution in [0.15, 0.2) is 0 Å². The number of rotatable bonds is 5. The molecule has 0 fully saturated rings. The summed E-state index contributed by atoms with van der Waals surface area (Å²) in [6.07, 6.45) is -8.49. The summed E-state index contributed by atoms with van der Waals surface area (Å²) in [4.78, 5) is 35.3. The molecule has 86 valence electrons. The van der Waals surface area contributed by atoms with Gasteiger partial charge in [0.2, 0.25) is 0 Å². The summed E-state index contributed by atoms with van der Waals surface area (Å²) in [6, 6.07) is 0. The van der Waals surface area contributed by atoms with Gasteiger partial charge in [0.05, 0.1) is 0 Å². The van der Waals surface area contributed by atoms with E-state index in [0.717, 1.165) is 0 Å². The fourth-order valence-corrected chi connectivity index (χ4v) is 2.20. The van der Waals surface area contributed by atoms with Gasteiger partial charge in [-0.3, -0.25) is 9.13 Å². The molecule has 10 heteroatoms. The molecule has 0 heterocycles. The topological polar surface area (TPSA) is 161 Å². The highest BCUT2D eigenvalue weighted by atomic mass is 31.2. The van der Waals surface area contributed by atoms with Gasteiger partial charge in [0.1, 0.15) is 0 Å². The van der Waals surface area contributed by atoms with E-state index in [1.54, 1.807) is 0 Å². The summed E-state index contributed by atoms with van der Waals surface area (Å²) < 4.78 is 64.6. The third kappa shape index (κ3) is 2.85. The Balaban J connectivity index is 6.54. The molecule has 0 aliphatic heterocycles. The Kier molecular flexibility index (Phi) is 2.11. The monoisotopic (exact) mass is 255 g/mol. The Hall–Kier alpha value is 0.220. The number of aliphatic hydroxyl groups is 1. The second-order valence-corrected chi connectivity index (χ2v) is 5.94. The summed E-state index contributed by atoms with van der Waals surface area (Å²) in [5.41, 5.74) is 4.68. The maximum Gasteiger partial charge on any atom is 0.369 e. The van der Waals surface area contributed by atoms with Crippen molar-refractivity contribution in [3.05, 3.63) is 0 Å². The number of hydrogen-bond acceptors (Lipinski definition) is 4. The van der Waals surface area contributed by atoms with Crippen LogP contribution in [0.3, 0.4) is 0 Å². The van der Waals surface area contributed by atoms with Gasteiger partial charge >= 0.3 is 15.2 Å². The predicted octanol–water partition coefficient (Wildman–Crippen LogP) is -1.27. The number of nitrogens with two attached hydrogens (primary N) is 1. The SMILES string of the molecule is [2H]C([2H])(N)C([2H])([2H])C([2H])([2H])C(O)(P(=O)(O)O)P(=O)(O)O. The van der Waals surface area contributed by atoms with Gasteiger partial charge in [-0.2, -0.15) is 0 Å². The van der Waals surface area contributed by atoms with Gasteiger partial charge < -0.3 is 30.4 Å². The largest absolute Gasteiger partial charge is 0.369 e. The smallest absolute Gasteiger partial charge is 0.368 e. The molecule has 0 atom stereocenters. The summed E-state index contributed by atoms with van der Waals surface area (Å²) in [5.74, 6) is 0. The first kappa shape index (κ1) is 6.73. The van der Waals surface area contributed by atoms with Crippen molar-refractivity contribution in [2.24, 2.45) is 5.73 Å². The molecule has 7 N–H and O–H groups in total. The minimum atomic E-state index is -6.34. The Bertz CT molecular complexity index is 456. The average molecular weight is 255 g/mol. The minimum Gasteiger partial charge on any atom is -0.368 e. The molecule has 0 saturated heterocycles. The molecule has 0 amide bonds. The van der Waals surface area contributed by atoms with E-state index in [1.165, 1.54) is 0 Å².